The Morgan fingerprint density at radius 2 is 1.91 bits per heavy atom. The molecule has 0 fully saturated rings. The number of nitrogens with one attached hydrogen (secondary N) is 1. The summed E-state index contributed by atoms with van der Waals surface area (Å²) >= 11 is 0. The van der Waals surface area contributed by atoms with E-state index in [4.69, 9.17) is 4.74 Å². The first-order valence-electron chi connectivity index (χ1n) is 7.78. The van der Waals surface area contributed by atoms with E-state index in [9.17, 15) is 0 Å². The molecular formula is C19H24ClNO. The molecule has 1 aliphatic rings. The second-order valence-corrected chi connectivity index (χ2v) is 5.76. The molecule has 0 saturated carbocycles. The molecule has 2 aromatic carbocycles. The summed E-state index contributed by atoms with van der Waals surface area (Å²) in [5, 5.41) is 3.71. The molecular weight excluding hydrogens is 294 g/mol. The Labute approximate surface area is 139 Å². The first-order valence-corrected chi connectivity index (χ1v) is 7.78. The van der Waals surface area contributed by atoms with Gasteiger partial charge in [-0.15, -0.1) is 12.4 Å². The van der Waals surface area contributed by atoms with Crippen LogP contribution in [0, 0.1) is 0 Å². The zero-order valence-electron chi connectivity index (χ0n) is 13.0. The van der Waals surface area contributed by atoms with E-state index in [2.05, 4.69) is 47.8 Å². The number of benzene rings is 2. The van der Waals surface area contributed by atoms with Crippen molar-refractivity contribution < 1.29 is 4.74 Å². The SMILES string of the molecule is COc1cccc(CCNC2CCc3ccccc3C2)c1.Cl. The Balaban J connectivity index is 0.00000176. The van der Waals surface area contributed by atoms with Crippen LogP contribution < -0.4 is 10.1 Å². The summed E-state index contributed by atoms with van der Waals surface area (Å²) in [6.07, 6.45) is 4.66. The van der Waals surface area contributed by atoms with Gasteiger partial charge in [-0.25, -0.2) is 0 Å². The summed E-state index contributed by atoms with van der Waals surface area (Å²) in [7, 11) is 1.72. The Morgan fingerprint density at radius 1 is 1.09 bits per heavy atom. The molecule has 1 N–H and O–H groups in total. The molecule has 0 aromatic heterocycles. The van der Waals surface area contributed by atoms with Gasteiger partial charge in [0.15, 0.2) is 0 Å². The highest BCUT2D eigenvalue weighted by Gasteiger charge is 2.17. The van der Waals surface area contributed by atoms with E-state index < -0.39 is 0 Å². The summed E-state index contributed by atoms with van der Waals surface area (Å²) in [5.74, 6) is 0.944. The van der Waals surface area contributed by atoms with Crippen LogP contribution in [0.4, 0.5) is 0 Å². The van der Waals surface area contributed by atoms with E-state index in [0.29, 0.717) is 6.04 Å². The van der Waals surface area contributed by atoms with E-state index in [0.717, 1.165) is 25.1 Å². The third-order valence-corrected chi connectivity index (χ3v) is 4.33. The van der Waals surface area contributed by atoms with E-state index in [1.54, 1.807) is 7.11 Å². The van der Waals surface area contributed by atoms with Crippen molar-refractivity contribution in [2.75, 3.05) is 13.7 Å². The molecule has 1 unspecified atom stereocenters. The van der Waals surface area contributed by atoms with Gasteiger partial charge in [-0.3, -0.25) is 0 Å². The molecule has 0 saturated heterocycles. The van der Waals surface area contributed by atoms with Gasteiger partial charge in [0, 0.05) is 6.04 Å². The van der Waals surface area contributed by atoms with E-state index in [-0.39, 0.29) is 12.4 Å². The van der Waals surface area contributed by atoms with Crippen LogP contribution in [0.15, 0.2) is 48.5 Å². The van der Waals surface area contributed by atoms with E-state index in [1.165, 1.54) is 29.5 Å². The Bertz CT molecular complexity index is 599. The molecule has 3 rings (SSSR count). The van der Waals surface area contributed by atoms with Crippen molar-refractivity contribution in [3.05, 3.63) is 65.2 Å². The highest BCUT2D eigenvalue weighted by atomic mass is 35.5. The summed E-state index contributed by atoms with van der Waals surface area (Å²) in [5.41, 5.74) is 4.38. The maximum atomic E-state index is 5.27. The Kier molecular flexibility index (Phi) is 6.29. The van der Waals surface area contributed by atoms with Gasteiger partial charge in [0.1, 0.15) is 5.75 Å². The zero-order chi connectivity index (χ0) is 14.5. The summed E-state index contributed by atoms with van der Waals surface area (Å²) in [6, 6.07) is 17.8. The second kappa shape index (κ2) is 8.21. The molecule has 0 aliphatic heterocycles. The van der Waals surface area contributed by atoms with Gasteiger partial charge in [0.05, 0.1) is 7.11 Å². The molecule has 118 valence electrons. The number of halogens is 1. The fourth-order valence-corrected chi connectivity index (χ4v) is 3.12. The summed E-state index contributed by atoms with van der Waals surface area (Å²) < 4.78 is 5.27. The Hall–Kier alpha value is -1.51. The third kappa shape index (κ3) is 4.25. The van der Waals surface area contributed by atoms with Gasteiger partial charge in [-0.05, 0) is 61.1 Å². The van der Waals surface area contributed by atoms with Crippen molar-refractivity contribution in [3.8, 4) is 5.75 Å². The van der Waals surface area contributed by atoms with Crippen LogP contribution in [0.3, 0.4) is 0 Å². The molecule has 1 atom stereocenters. The van der Waals surface area contributed by atoms with E-state index >= 15 is 0 Å². The van der Waals surface area contributed by atoms with Crippen LogP contribution in [0.5, 0.6) is 5.75 Å². The van der Waals surface area contributed by atoms with Crippen LogP contribution in [0.1, 0.15) is 23.1 Å². The van der Waals surface area contributed by atoms with Crippen LogP contribution >= 0.6 is 12.4 Å². The summed E-state index contributed by atoms with van der Waals surface area (Å²) in [4.78, 5) is 0. The third-order valence-electron chi connectivity index (χ3n) is 4.33. The van der Waals surface area contributed by atoms with Gasteiger partial charge in [-0.1, -0.05) is 36.4 Å². The first-order chi connectivity index (χ1) is 10.3. The minimum absolute atomic E-state index is 0. The predicted molar refractivity (Wildman–Crippen MR) is 94.2 cm³/mol. The first kappa shape index (κ1) is 16.9. The highest BCUT2D eigenvalue weighted by molar-refractivity contribution is 5.85. The fourth-order valence-electron chi connectivity index (χ4n) is 3.12. The molecule has 1 aliphatic carbocycles. The molecule has 22 heavy (non-hydrogen) atoms. The van der Waals surface area contributed by atoms with Crippen LogP contribution in [-0.2, 0) is 19.3 Å². The molecule has 3 heteroatoms. The number of hydrogen-bond acceptors (Lipinski definition) is 2. The molecule has 2 nitrogen and oxygen atoms in total. The molecule has 0 heterocycles. The van der Waals surface area contributed by atoms with Gasteiger partial charge >= 0.3 is 0 Å². The summed E-state index contributed by atoms with van der Waals surface area (Å²) in [6.45, 7) is 1.03. The zero-order valence-corrected chi connectivity index (χ0v) is 13.9. The number of methoxy groups -OCH3 is 1. The predicted octanol–water partition coefficient (Wildman–Crippen LogP) is 3.81. The maximum absolute atomic E-state index is 5.27. The lowest BCUT2D eigenvalue weighted by Crippen LogP contribution is -2.35. The van der Waals surface area contributed by atoms with Crippen molar-refractivity contribution >= 4 is 12.4 Å². The van der Waals surface area contributed by atoms with Crippen LogP contribution in [0.25, 0.3) is 0 Å². The van der Waals surface area contributed by atoms with Gasteiger partial charge in [-0.2, -0.15) is 0 Å². The lowest BCUT2D eigenvalue weighted by Gasteiger charge is -2.25. The van der Waals surface area contributed by atoms with Crippen molar-refractivity contribution in [3.63, 3.8) is 0 Å². The normalized spacial score (nSPS) is 16.5. The smallest absolute Gasteiger partial charge is 0.119 e. The maximum Gasteiger partial charge on any atom is 0.119 e. The van der Waals surface area contributed by atoms with Crippen LogP contribution in [-0.4, -0.2) is 19.7 Å². The molecule has 0 radical (unpaired) electrons. The quantitative estimate of drug-likeness (QED) is 0.905. The van der Waals surface area contributed by atoms with Crippen molar-refractivity contribution in [1.29, 1.82) is 0 Å². The largest absolute Gasteiger partial charge is 0.497 e. The number of rotatable bonds is 5. The van der Waals surface area contributed by atoms with Gasteiger partial charge in [0.25, 0.3) is 0 Å². The number of fused-ring (bicyclic) bond motifs is 1. The minimum atomic E-state index is 0. The number of aryl methyl sites for hydroxylation is 1. The Morgan fingerprint density at radius 3 is 2.73 bits per heavy atom. The monoisotopic (exact) mass is 317 g/mol. The lowest BCUT2D eigenvalue weighted by atomic mass is 9.88. The van der Waals surface area contributed by atoms with Gasteiger partial charge < -0.3 is 10.1 Å². The molecule has 0 spiro atoms. The van der Waals surface area contributed by atoms with E-state index in [1.807, 2.05) is 6.07 Å². The topological polar surface area (TPSA) is 21.3 Å². The second-order valence-electron chi connectivity index (χ2n) is 5.76. The lowest BCUT2D eigenvalue weighted by molar-refractivity contribution is 0.414. The van der Waals surface area contributed by atoms with Crippen molar-refractivity contribution in [2.45, 2.75) is 31.7 Å². The standard InChI is InChI=1S/C19H23NO.ClH/c1-21-19-8-4-5-15(13-19)11-12-20-18-10-9-16-6-2-3-7-17(16)14-18;/h2-8,13,18,20H,9-12,14H2,1H3;1H. The van der Waals surface area contributed by atoms with Crippen LogP contribution in [0.2, 0.25) is 0 Å². The van der Waals surface area contributed by atoms with Gasteiger partial charge in [0.2, 0.25) is 0 Å². The number of hydrogen-bond donors (Lipinski definition) is 1. The molecule has 0 amide bonds. The number of ether oxygens (including phenoxy) is 1. The average Bonchev–Trinajstić information content (AvgIpc) is 2.55. The van der Waals surface area contributed by atoms with Crippen molar-refractivity contribution in [2.24, 2.45) is 0 Å². The molecule has 2 aromatic rings. The molecule has 0 bridgehead atoms. The average molecular weight is 318 g/mol. The minimum Gasteiger partial charge on any atom is -0.497 e. The highest BCUT2D eigenvalue weighted by Crippen LogP contribution is 2.21. The fraction of sp³-hybridized carbons (Fsp3) is 0.368. The van der Waals surface area contributed by atoms with Crippen molar-refractivity contribution in [1.82, 2.24) is 5.32 Å².